The van der Waals surface area contributed by atoms with E-state index in [0.29, 0.717) is 42.0 Å². The summed E-state index contributed by atoms with van der Waals surface area (Å²) in [5.41, 5.74) is 0.628. The number of nitrogens with one attached hydrogen (secondary N) is 2. The summed E-state index contributed by atoms with van der Waals surface area (Å²) >= 11 is 0. The molecule has 0 spiro atoms. The van der Waals surface area contributed by atoms with Gasteiger partial charge >= 0.3 is 0 Å². The molecule has 4 N–H and O–H groups in total. The van der Waals surface area contributed by atoms with Gasteiger partial charge in [0.1, 0.15) is 12.4 Å². The number of benzene rings is 2. The highest BCUT2D eigenvalue weighted by molar-refractivity contribution is 7.89. The normalized spacial score (nSPS) is 17.9. The van der Waals surface area contributed by atoms with Crippen molar-refractivity contribution in [1.82, 2.24) is 14.9 Å². The number of nitrogens with two attached hydrogens (primary N) is 1. The maximum absolute atomic E-state index is 13.0. The van der Waals surface area contributed by atoms with Crippen molar-refractivity contribution >= 4 is 33.4 Å². The molecule has 0 aliphatic carbocycles. The number of amides is 1. The van der Waals surface area contributed by atoms with E-state index in [1.165, 1.54) is 12.1 Å². The molecule has 36 heavy (non-hydrogen) atoms. The van der Waals surface area contributed by atoms with E-state index in [2.05, 4.69) is 20.6 Å². The van der Waals surface area contributed by atoms with E-state index >= 15 is 0 Å². The number of para-hydroxylation sites is 2. The van der Waals surface area contributed by atoms with Gasteiger partial charge in [-0.15, -0.1) is 0 Å². The zero-order chi connectivity index (χ0) is 25.1. The second kappa shape index (κ2) is 9.99. The van der Waals surface area contributed by atoms with Crippen LogP contribution in [0.4, 0.5) is 17.5 Å². The van der Waals surface area contributed by atoms with Gasteiger partial charge < -0.3 is 25.0 Å². The van der Waals surface area contributed by atoms with Gasteiger partial charge in [0.2, 0.25) is 22.1 Å². The average Bonchev–Trinajstić information content (AvgIpc) is 2.88. The first-order valence-corrected chi connectivity index (χ1v) is 13.1. The predicted octanol–water partition coefficient (Wildman–Crippen LogP) is 2.11. The maximum Gasteiger partial charge on any atom is 0.267 e. The van der Waals surface area contributed by atoms with Gasteiger partial charge in [-0.05, 0) is 55.3 Å². The Bertz CT molecular complexity index is 1340. The van der Waals surface area contributed by atoms with Gasteiger partial charge in [0, 0.05) is 31.0 Å². The molecule has 5 rings (SSSR count). The SMILES string of the molecule is NS(=O)(=O)c1ccc(Nc2nccc(NC3CCN(C(=O)C4COc5ccccc5O4)CC3)n2)cc1. The van der Waals surface area contributed by atoms with Crippen molar-refractivity contribution in [3.8, 4) is 11.5 Å². The minimum absolute atomic E-state index is 0.0293. The summed E-state index contributed by atoms with van der Waals surface area (Å²) in [6.07, 6.45) is 2.52. The summed E-state index contributed by atoms with van der Waals surface area (Å²) in [6.45, 7) is 1.41. The first-order chi connectivity index (χ1) is 17.3. The van der Waals surface area contributed by atoms with E-state index in [-0.39, 0.29) is 23.5 Å². The third kappa shape index (κ3) is 5.50. The van der Waals surface area contributed by atoms with Gasteiger partial charge in [-0.2, -0.15) is 4.98 Å². The van der Waals surface area contributed by atoms with E-state index in [0.717, 1.165) is 12.8 Å². The number of primary sulfonamides is 1. The van der Waals surface area contributed by atoms with Gasteiger partial charge in [-0.25, -0.2) is 18.5 Å². The van der Waals surface area contributed by atoms with E-state index in [4.69, 9.17) is 14.6 Å². The van der Waals surface area contributed by atoms with Crippen LogP contribution in [0.3, 0.4) is 0 Å². The lowest BCUT2D eigenvalue weighted by molar-refractivity contribution is -0.142. The molecule has 1 atom stereocenters. The molecule has 1 amide bonds. The number of aromatic nitrogens is 2. The first kappa shape index (κ1) is 23.8. The molecule has 3 heterocycles. The molecule has 3 aromatic rings. The van der Waals surface area contributed by atoms with Gasteiger partial charge in [-0.1, -0.05) is 12.1 Å². The van der Waals surface area contributed by atoms with Crippen LogP contribution in [0.15, 0.2) is 65.7 Å². The molecule has 0 radical (unpaired) electrons. The minimum Gasteiger partial charge on any atom is -0.485 e. The molecule has 1 fully saturated rings. The monoisotopic (exact) mass is 510 g/mol. The van der Waals surface area contributed by atoms with Crippen LogP contribution in [0, 0.1) is 0 Å². The van der Waals surface area contributed by atoms with Crippen LogP contribution in [0.1, 0.15) is 12.8 Å². The van der Waals surface area contributed by atoms with Crippen LogP contribution in [0.5, 0.6) is 11.5 Å². The third-order valence-electron chi connectivity index (χ3n) is 6.04. The molecule has 2 aromatic carbocycles. The topological polar surface area (TPSA) is 149 Å². The number of fused-ring (bicyclic) bond motifs is 1. The predicted molar refractivity (Wildman–Crippen MR) is 133 cm³/mol. The molecular weight excluding hydrogens is 484 g/mol. The maximum atomic E-state index is 13.0. The van der Waals surface area contributed by atoms with E-state index in [9.17, 15) is 13.2 Å². The molecule has 188 valence electrons. The largest absolute Gasteiger partial charge is 0.485 e. The molecule has 12 heteroatoms. The standard InChI is InChI=1S/C24H26N6O5S/c25-36(32,33)18-7-5-16(6-8-18)28-24-26-12-9-22(29-24)27-17-10-13-30(14-11-17)23(31)21-15-34-19-3-1-2-4-20(19)35-21/h1-9,12,17,21H,10-11,13-15H2,(H2,25,32,33)(H2,26,27,28,29). The fourth-order valence-electron chi connectivity index (χ4n) is 4.15. The highest BCUT2D eigenvalue weighted by Crippen LogP contribution is 2.31. The smallest absolute Gasteiger partial charge is 0.267 e. The molecular formula is C24H26N6O5S. The van der Waals surface area contributed by atoms with Crippen LogP contribution in [0.25, 0.3) is 0 Å². The number of rotatable bonds is 6. The van der Waals surface area contributed by atoms with E-state index in [1.54, 1.807) is 30.5 Å². The van der Waals surface area contributed by atoms with Crippen LogP contribution < -0.4 is 25.2 Å². The van der Waals surface area contributed by atoms with Crippen molar-refractivity contribution in [2.24, 2.45) is 5.14 Å². The van der Waals surface area contributed by atoms with Crippen molar-refractivity contribution in [2.75, 3.05) is 30.3 Å². The summed E-state index contributed by atoms with van der Waals surface area (Å²) in [5, 5.41) is 11.6. The second-order valence-corrected chi connectivity index (χ2v) is 10.1. The number of hydrogen-bond donors (Lipinski definition) is 3. The lowest BCUT2D eigenvalue weighted by Crippen LogP contribution is -2.50. The average molecular weight is 511 g/mol. The molecule has 0 bridgehead atoms. The lowest BCUT2D eigenvalue weighted by atomic mass is 10.0. The van der Waals surface area contributed by atoms with Crippen LogP contribution in [-0.4, -0.2) is 61.0 Å². The van der Waals surface area contributed by atoms with Crippen molar-refractivity contribution in [3.63, 3.8) is 0 Å². The first-order valence-electron chi connectivity index (χ1n) is 11.5. The molecule has 11 nitrogen and oxygen atoms in total. The Morgan fingerprint density at radius 2 is 1.75 bits per heavy atom. The fourth-order valence-corrected chi connectivity index (χ4v) is 4.67. The fraction of sp³-hybridized carbons (Fsp3) is 0.292. The molecule has 1 aromatic heterocycles. The number of carbonyl (C=O) groups excluding carboxylic acids is 1. The summed E-state index contributed by atoms with van der Waals surface area (Å²) in [7, 11) is -3.75. The van der Waals surface area contributed by atoms with Crippen molar-refractivity contribution < 1.29 is 22.7 Å². The summed E-state index contributed by atoms with van der Waals surface area (Å²) < 4.78 is 34.4. The van der Waals surface area contributed by atoms with E-state index < -0.39 is 16.1 Å². The van der Waals surface area contributed by atoms with E-state index in [1.807, 2.05) is 23.1 Å². The summed E-state index contributed by atoms with van der Waals surface area (Å²) in [5.74, 6) is 2.20. The summed E-state index contributed by atoms with van der Waals surface area (Å²) in [6, 6.07) is 15.3. The lowest BCUT2D eigenvalue weighted by Gasteiger charge is -2.35. The Morgan fingerprint density at radius 1 is 1.03 bits per heavy atom. The van der Waals surface area contributed by atoms with Crippen molar-refractivity contribution in [1.29, 1.82) is 0 Å². The van der Waals surface area contributed by atoms with Crippen molar-refractivity contribution in [3.05, 3.63) is 60.8 Å². The molecule has 1 unspecified atom stereocenters. The Hall–Kier alpha value is -3.90. The Balaban J connectivity index is 1.13. The Kier molecular flexibility index (Phi) is 6.61. The van der Waals surface area contributed by atoms with Crippen LogP contribution >= 0.6 is 0 Å². The van der Waals surface area contributed by atoms with Crippen LogP contribution in [-0.2, 0) is 14.8 Å². The van der Waals surface area contributed by atoms with Gasteiger partial charge in [-0.3, -0.25) is 4.79 Å². The number of likely N-dealkylation sites (tertiary alicyclic amines) is 1. The highest BCUT2D eigenvalue weighted by atomic mass is 32.2. The number of hydrogen-bond acceptors (Lipinski definition) is 9. The highest BCUT2D eigenvalue weighted by Gasteiger charge is 2.33. The number of nitrogens with zero attached hydrogens (tertiary/aromatic N) is 3. The number of anilines is 3. The number of carbonyl (C=O) groups is 1. The molecule has 1 saturated heterocycles. The number of piperidine rings is 1. The number of ether oxygens (including phenoxy) is 2. The molecule has 2 aliphatic heterocycles. The molecule has 2 aliphatic rings. The Morgan fingerprint density at radius 3 is 2.47 bits per heavy atom. The van der Waals surface area contributed by atoms with Gasteiger partial charge in [0.15, 0.2) is 11.5 Å². The van der Waals surface area contributed by atoms with Crippen LogP contribution in [0.2, 0.25) is 0 Å². The van der Waals surface area contributed by atoms with Crippen molar-refractivity contribution in [2.45, 2.75) is 29.9 Å². The minimum atomic E-state index is -3.75. The molecule has 0 saturated carbocycles. The van der Waals surface area contributed by atoms with Gasteiger partial charge in [0.25, 0.3) is 5.91 Å². The quantitative estimate of drug-likeness (QED) is 0.453. The van der Waals surface area contributed by atoms with Gasteiger partial charge in [0.05, 0.1) is 4.90 Å². The second-order valence-electron chi connectivity index (χ2n) is 8.57. The Labute approximate surface area is 208 Å². The third-order valence-corrected chi connectivity index (χ3v) is 6.97. The number of sulfonamides is 1. The zero-order valence-electron chi connectivity index (χ0n) is 19.3. The zero-order valence-corrected chi connectivity index (χ0v) is 20.1. The summed E-state index contributed by atoms with van der Waals surface area (Å²) in [4.78, 5) is 23.5.